The molecule has 2 aromatic rings. The Balaban J connectivity index is 2.38. The lowest BCUT2D eigenvalue weighted by atomic mass is 10.1. The Morgan fingerprint density at radius 3 is 2.33 bits per heavy atom. The van der Waals surface area contributed by atoms with E-state index in [1.54, 1.807) is 23.1 Å². The Morgan fingerprint density at radius 2 is 1.83 bits per heavy atom. The maximum atomic E-state index is 11.3. The van der Waals surface area contributed by atoms with Crippen LogP contribution in [0.5, 0.6) is 0 Å². The molecule has 0 fully saturated rings. The molecule has 1 aromatic heterocycles. The highest BCUT2D eigenvalue weighted by atomic mass is 32.2. The Kier molecular flexibility index (Phi) is 4.43. The number of aryl methyl sites for hydroxylation is 3. The second-order valence-electron chi connectivity index (χ2n) is 4.18. The summed E-state index contributed by atoms with van der Waals surface area (Å²) in [5.41, 5.74) is 3.74. The Labute approximate surface area is 119 Å². The number of thiophene rings is 1. The van der Waals surface area contributed by atoms with Crippen LogP contribution >= 0.6 is 23.1 Å². The van der Waals surface area contributed by atoms with Gasteiger partial charge in [-0.2, -0.15) is 0 Å². The number of hydrogen-bond donors (Lipinski definition) is 0. The maximum absolute atomic E-state index is 11.3. The Hall–Kier alpha value is -0.840. The van der Waals surface area contributed by atoms with Gasteiger partial charge >= 0.3 is 0 Å². The van der Waals surface area contributed by atoms with Gasteiger partial charge in [0.15, 0.2) is 0 Å². The minimum absolute atomic E-state index is 0.584. The molecule has 0 spiro atoms. The van der Waals surface area contributed by atoms with Crippen LogP contribution in [0.3, 0.4) is 0 Å². The van der Waals surface area contributed by atoms with E-state index < -0.39 is 0 Å². The van der Waals surface area contributed by atoms with Crippen molar-refractivity contribution >= 4 is 38.6 Å². The monoisotopic (exact) mass is 294 g/mol. The standard InChI is InChI=1S/C14H14OS3/c1-9-7-10(2)13(11(3)8-9)17-14(18-15)12-5-4-6-16-12/h4-8H,1-3H3. The first-order chi connectivity index (χ1) is 8.61. The Bertz CT molecular complexity index is 585. The molecule has 94 valence electrons. The quantitative estimate of drug-likeness (QED) is 0.611. The number of thioether (sulfide) groups is 1. The highest BCUT2D eigenvalue weighted by Crippen LogP contribution is 2.31. The summed E-state index contributed by atoms with van der Waals surface area (Å²) in [6, 6.07) is 8.30. The first kappa shape index (κ1) is 13.6. The van der Waals surface area contributed by atoms with Gasteiger partial charge < -0.3 is 0 Å². The molecule has 0 amide bonds. The van der Waals surface area contributed by atoms with Crippen molar-refractivity contribution in [3.8, 4) is 0 Å². The van der Waals surface area contributed by atoms with E-state index in [1.165, 1.54) is 21.6 Å². The van der Waals surface area contributed by atoms with Crippen LogP contribution in [0.2, 0.25) is 0 Å². The van der Waals surface area contributed by atoms with E-state index in [0.29, 0.717) is 11.3 Å². The molecule has 4 heteroatoms. The van der Waals surface area contributed by atoms with Crippen molar-refractivity contribution in [3.05, 3.63) is 51.2 Å². The topological polar surface area (TPSA) is 17.1 Å². The fraction of sp³-hybridized carbons (Fsp3) is 0.214. The molecular weight excluding hydrogens is 280 g/mol. The molecule has 0 aliphatic rings. The molecule has 18 heavy (non-hydrogen) atoms. The highest BCUT2D eigenvalue weighted by Gasteiger charge is 2.11. The van der Waals surface area contributed by atoms with Crippen molar-refractivity contribution in [2.45, 2.75) is 25.7 Å². The summed E-state index contributed by atoms with van der Waals surface area (Å²) in [7, 11) is 0. The third-order valence-corrected chi connectivity index (χ3v) is 5.82. The maximum Gasteiger partial charge on any atom is 0.123 e. The largest absolute Gasteiger partial charge is 0.211 e. The zero-order valence-electron chi connectivity index (χ0n) is 10.5. The van der Waals surface area contributed by atoms with E-state index in [4.69, 9.17) is 0 Å². The van der Waals surface area contributed by atoms with Crippen molar-refractivity contribution in [1.29, 1.82) is 0 Å². The van der Waals surface area contributed by atoms with Crippen LogP contribution in [-0.2, 0) is 11.3 Å². The smallest absolute Gasteiger partial charge is 0.123 e. The summed E-state index contributed by atoms with van der Waals surface area (Å²) in [6.45, 7) is 6.30. The number of benzene rings is 1. The molecule has 0 aliphatic heterocycles. The van der Waals surface area contributed by atoms with Crippen LogP contribution in [0.4, 0.5) is 0 Å². The predicted octanol–water partition coefficient (Wildman–Crippen LogP) is 4.16. The first-order valence-corrected chi connectivity index (χ1v) is 8.02. The molecular formula is C14H14OS3. The molecule has 0 saturated carbocycles. The molecule has 0 saturated heterocycles. The summed E-state index contributed by atoms with van der Waals surface area (Å²) in [5.74, 6) is 0. The summed E-state index contributed by atoms with van der Waals surface area (Å²) < 4.78 is 12.1. The van der Waals surface area contributed by atoms with E-state index in [9.17, 15) is 4.21 Å². The van der Waals surface area contributed by atoms with Crippen molar-refractivity contribution in [2.24, 2.45) is 0 Å². The van der Waals surface area contributed by atoms with Gasteiger partial charge in [-0.15, -0.1) is 11.3 Å². The first-order valence-electron chi connectivity index (χ1n) is 5.58. The molecule has 0 atom stereocenters. The van der Waals surface area contributed by atoms with Crippen molar-refractivity contribution in [2.75, 3.05) is 0 Å². The lowest BCUT2D eigenvalue weighted by Crippen LogP contribution is -1.95. The van der Waals surface area contributed by atoms with Gasteiger partial charge in [0.25, 0.3) is 0 Å². The third kappa shape index (κ3) is 2.94. The van der Waals surface area contributed by atoms with Gasteiger partial charge in [-0.05, 0) is 43.3 Å². The van der Waals surface area contributed by atoms with E-state index in [-0.39, 0.29) is 0 Å². The lowest BCUT2D eigenvalue weighted by Gasteiger charge is -2.10. The van der Waals surface area contributed by atoms with Crippen molar-refractivity contribution < 1.29 is 4.21 Å². The van der Waals surface area contributed by atoms with Gasteiger partial charge in [0.2, 0.25) is 0 Å². The van der Waals surface area contributed by atoms with E-state index >= 15 is 0 Å². The van der Waals surface area contributed by atoms with Crippen LogP contribution in [0.1, 0.15) is 21.6 Å². The minimum Gasteiger partial charge on any atom is -0.211 e. The zero-order valence-corrected chi connectivity index (χ0v) is 13.0. The third-order valence-electron chi connectivity index (χ3n) is 2.60. The van der Waals surface area contributed by atoms with Gasteiger partial charge in [0.1, 0.15) is 15.5 Å². The van der Waals surface area contributed by atoms with Crippen LogP contribution in [0, 0.1) is 20.8 Å². The second kappa shape index (κ2) is 5.87. The molecule has 0 N–H and O–H groups in total. The van der Waals surface area contributed by atoms with E-state index in [2.05, 4.69) is 32.9 Å². The van der Waals surface area contributed by atoms with Crippen LogP contribution in [0.25, 0.3) is 0 Å². The molecule has 1 nitrogen and oxygen atoms in total. The normalized spacial score (nSPS) is 10.4. The molecule has 0 unspecified atom stereocenters. The molecule has 0 bridgehead atoms. The van der Waals surface area contributed by atoms with Gasteiger partial charge in [-0.1, -0.05) is 35.5 Å². The SMILES string of the molecule is Cc1cc(C)c(SC(=S=O)c2cccs2)c(C)c1. The average Bonchev–Trinajstić information content (AvgIpc) is 2.81. The molecule has 1 heterocycles. The van der Waals surface area contributed by atoms with Crippen LogP contribution in [0.15, 0.2) is 34.5 Å². The van der Waals surface area contributed by atoms with Crippen LogP contribution < -0.4 is 0 Å². The summed E-state index contributed by atoms with van der Waals surface area (Å²) in [6.07, 6.45) is 0. The summed E-state index contributed by atoms with van der Waals surface area (Å²) in [4.78, 5) is 2.26. The van der Waals surface area contributed by atoms with Gasteiger partial charge in [0, 0.05) is 4.90 Å². The van der Waals surface area contributed by atoms with Gasteiger partial charge in [-0.3, -0.25) is 0 Å². The van der Waals surface area contributed by atoms with Crippen molar-refractivity contribution in [1.82, 2.24) is 0 Å². The van der Waals surface area contributed by atoms with Gasteiger partial charge in [-0.25, -0.2) is 4.21 Å². The number of rotatable bonds is 2. The molecule has 1 aromatic carbocycles. The highest BCUT2D eigenvalue weighted by molar-refractivity contribution is 8.21. The van der Waals surface area contributed by atoms with E-state index in [1.807, 2.05) is 17.5 Å². The van der Waals surface area contributed by atoms with Crippen molar-refractivity contribution in [3.63, 3.8) is 0 Å². The molecule has 0 radical (unpaired) electrons. The molecule has 2 rings (SSSR count). The Morgan fingerprint density at radius 1 is 1.17 bits per heavy atom. The zero-order chi connectivity index (χ0) is 13.1. The fourth-order valence-electron chi connectivity index (χ4n) is 1.92. The second-order valence-corrected chi connectivity index (χ2v) is 6.98. The minimum atomic E-state index is 0.584. The predicted molar refractivity (Wildman–Crippen MR) is 83.1 cm³/mol. The lowest BCUT2D eigenvalue weighted by molar-refractivity contribution is 0.701. The molecule has 0 aliphatic carbocycles. The van der Waals surface area contributed by atoms with E-state index in [0.717, 1.165) is 9.07 Å². The summed E-state index contributed by atoms with van der Waals surface area (Å²) >= 11 is 3.78. The van der Waals surface area contributed by atoms with Gasteiger partial charge in [0.05, 0.1) is 4.88 Å². The number of hydrogen-bond acceptors (Lipinski definition) is 3. The summed E-state index contributed by atoms with van der Waals surface area (Å²) in [5, 5.41) is 2.00. The average molecular weight is 294 g/mol. The van der Waals surface area contributed by atoms with Crippen LogP contribution in [-0.4, -0.2) is 8.41 Å². The fourth-order valence-corrected chi connectivity index (χ4v) is 4.33.